The Hall–Kier alpha value is -1.72. The molecule has 0 N–H and O–H groups in total. The van der Waals surface area contributed by atoms with Gasteiger partial charge in [0.2, 0.25) is 0 Å². The van der Waals surface area contributed by atoms with Crippen molar-refractivity contribution in [1.82, 2.24) is 0 Å². The molecule has 3 nitrogen and oxygen atoms in total. The molecule has 0 amide bonds. The van der Waals surface area contributed by atoms with E-state index in [0.29, 0.717) is 13.2 Å². The molecule has 2 atom stereocenters. The lowest BCUT2D eigenvalue weighted by Crippen LogP contribution is -2.67. The van der Waals surface area contributed by atoms with E-state index in [1.54, 1.807) is 6.08 Å². The van der Waals surface area contributed by atoms with Crippen LogP contribution in [-0.4, -0.2) is 33.9 Å². The predicted molar refractivity (Wildman–Crippen MR) is 108 cm³/mol. The molecule has 138 valence electrons. The van der Waals surface area contributed by atoms with Gasteiger partial charge >= 0.3 is 0 Å². The van der Waals surface area contributed by atoms with Gasteiger partial charge < -0.3 is 13.9 Å². The van der Waals surface area contributed by atoms with E-state index < -0.39 is 8.32 Å². The van der Waals surface area contributed by atoms with E-state index in [1.165, 1.54) is 10.4 Å². The van der Waals surface area contributed by atoms with Crippen molar-refractivity contribution < 1.29 is 13.9 Å². The summed E-state index contributed by atoms with van der Waals surface area (Å²) in [7, 11) is -2.51. The van der Waals surface area contributed by atoms with Crippen molar-refractivity contribution >= 4 is 18.7 Å². The van der Waals surface area contributed by atoms with Crippen molar-refractivity contribution in [3.63, 3.8) is 0 Å². The third-order valence-electron chi connectivity index (χ3n) is 4.87. The average Bonchev–Trinajstić information content (AvgIpc) is 3.11. The molecule has 0 spiro atoms. The molecule has 0 saturated carbocycles. The Morgan fingerprint density at radius 3 is 2.00 bits per heavy atom. The predicted octanol–water partition coefficient (Wildman–Crippen LogP) is 3.49. The van der Waals surface area contributed by atoms with E-state index >= 15 is 0 Å². The van der Waals surface area contributed by atoms with Gasteiger partial charge in [0.15, 0.2) is 6.29 Å². The summed E-state index contributed by atoms with van der Waals surface area (Å²) in [6.07, 6.45) is 1.28. The van der Waals surface area contributed by atoms with Crippen LogP contribution in [0.1, 0.15) is 20.8 Å². The van der Waals surface area contributed by atoms with Crippen LogP contribution in [-0.2, 0) is 13.9 Å². The molecule has 3 rings (SSSR count). The largest absolute Gasteiger partial charge is 0.405 e. The van der Waals surface area contributed by atoms with Crippen molar-refractivity contribution in [3.05, 3.63) is 73.3 Å². The standard InChI is InChI=1S/C22H28O3Si/c1-5-21-23-16-18(25-21)17-24-26(22(2,3)4,19-12-8-6-9-13-19)20-14-10-7-11-15-20/h5-15,18,21H,1,16-17H2,2-4H3. The fourth-order valence-corrected chi connectivity index (χ4v) is 8.25. The van der Waals surface area contributed by atoms with E-state index in [0.717, 1.165) is 0 Å². The number of rotatable bonds is 6. The van der Waals surface area contributed by atoms with Gasteiger partial charge in [0, 0.05) is 0 Å². The van der Waals surface area contributed by atoms with Crippen LogP contribution < -0.4 is 10.4 Å². The Kier molecular flexibility index (Phi) is 5.78. The first-order valence-corrected chi connectivity index (χ1v) is 11.0. The van der Waals surface area contributed by atoms with Crippen molar-refractivity contribution in [1.29, 1.82) is 0 Å². The van der Waals surface area contributed by atoms with E-state index in [1.807, 2.05) is 0 Å². The van der Waals surface area contributed by atoms with Crippen molar-refractivity contribution in [2.24, 2.45) is 0 Å². The second kappa shape index (κ2) is 7.88. The lowest BCUT2D eigenvalue weighted by molar-refractivity contribution is -0.0281. The second-order valence-corrected chi connectivity index (χ2v) is 12.0. The third-order valence-corrected chi connectivity index (χ3v) is 9.87. The number of hydrogen-bond donors (Lipinski definition) is 0. The van der Waals surface area contributed by atoms with Crippen LogP contribution in [0.4, 0.5) is 0 Å². The molecule has 0 bridgehead atoms. The van der Waals surface area contributed by atoms with Crippen LogP contribution in [0.5, 0.6) is 0 Å². The maximum atomic E-state index is 6.84. The zero-order valence-electron chi connectivity index (χ0n) is 15.9. The first kappa shape index (κ1) is 19.0. The van der Waals surface area contributed by atoms with Gasteiger partial charge in [0.25, 0.3) is 8.32 Å². The molecule has 0 radical (unpaired) electrons. The molecule has 0 aliphatic carbocycles. The van der Waals surface area contributed by atoms with Gasteiger partial charge in [-0.1, -0.05) is 88.0 Å². The summed E-state index contributed by atoms with van der Waals surface area (Å²) in [5.41, 5.74) is 0. The van der Waals surface area contributed by atoms with E-state index in [-0.39, 0.29) is 17.4 Å². The molecule has 2 aromatic rings. The minimum Gasteiger partial charge on any atom is -0.405 e. The van der Waals surface area contributed by atoms with Gasteiger partial charge in [-0.25, -0.2) is 0 Å². The Morgan fingerprint density at radius 2 is 1.58 bits per heavy atom. The smallest absolute Gasteiger partial charge is 0.261 e. The van der Waals surface area contributed by atoms with Crippen LogP contribution in [0, 0.1) is 0 Å². The van der Waals surface area contributed by atoms with Crippen LogP contribution >= 0.6 is 0 Å². The average molecular weight is 369 g/mol. The molecule has 4 heteroatoms. The molecule has 1 aliphatic rings. The maximum Gasteiger partial charge on any atom is 0.261 e. The molecular formula is C22H28O3Si. The van der Waals surface area contributed by atoms with Crippen LogP contribution in [0.3, 0.4) is 0 Å². The molecule has 2 aromatic carbocycles. The monoisotopic (exact) mass is 368 g/mol. The normalized spacial score (nSPS) is 20.9. The first-order valence-electron chi connectivity index (χ1n) is 9.12. The van der Waals surface area contributed by atoms with Crippen molar-refractivity contribution in [2.45, 2.75) is 38.2 Å². The molecule has 1 heterocycles. The summed E-state index contributed by atoms with van der Waals surface area (Å²) < 4.78 is 18.3. The molecule has 1 fully saturated rings. The fraction of sp³-hybridized carbons (Fsp3) is 0.364. The zero-order valence-corrected chi connectivity index (χ0v) is 16.9. The lowest BCUT2D eigenvalue weighted by atomic mass is 10.2. The lowest BCUT2D eigenvalue weighted by Gasteiger charge is -2.43. The Bertz CT molecular complexity index is 670. The molecule has 1 saturated heterocycles. The van der Waals surface area contributed by atoms with Gasteiger partial charge in [-0.2, -0.15) is 0 Å². The minimum atomic E-state index is -2.51. The first-order chi connectivity index (χ1) is 12.5. The van der Waals surface area contributed by atoms with E-state index in [2.05, 4.69) is 88.0 Å². The van der Waals surface area contributed by atoms with Crippen LogP contribution in [0.25, 0.3) is 0 Å². The molecule has 26 heavy (non-hydrogen) atoms. The summed E-state index contributed by atoms with van der Waals surface area (Å²) in [5, 5.41) is 2.52. The molecule has 1 aliphatic heterocycles. The van der Waals surface area contributed by atoms with Gasteiger partial charge in [-0.05, 0) is 21.5 Å². The molecule has 0 aromatic heterocycles. The number of ether oxygens (including phenoxy) is 2. The number of benzene rings is 2. The van der Waals surface area contributed by atoms with Crippen molar-refractivity contribution in [3.8, 4) is 0 Å². The summed E-state index contributed by atoms with van der Waals surface area (Å²) in [6.45, 7) is 11.6. The highest BCUT2D eigenvalue weighted by Gasteiger charge is 2.50. The molecular weight excluding hydrogens is 340 g/mol. The Balaban J connectivity index is 1.99. The second-order valence-electron chi connectivity index (χ2n) is 7.67. The highest BCUT2D eigenvalue weighted by Crippen LogP contribution is 2.37. The van der Waals surface area contributed by atoms with Crippen LogP contribution in [0.2, 0.25) is 5.04 Å². The summed E-state index contributed by atoms with van der Waals surface area (Å²) >= 11 is 0. The Morgan fingerprint density at radius 1 is 1.04 bits per heavy atom. The SMILES string of the molecule is C=CC1OCC(CO[Si](c2ccccc2)(c2ccccc2)C(C)(C)C)O1. The molecule has 2 unspecified atom stereocenters. The van der Waals surface area contributed by atoms with Gasteiger partial charge in [-0.3, -0.25) is 0 Å². The minimum absolute atomic E-state index is 0.0347. The summed E-state index contributed by atoms with van der Waals surface area (Å²) in [4.78, 5) is 0. The summed E-state index contributed by atoms with van der Waals surface area (Å²) in [5.74, 6) is 0. The highest BCUT2D eigenvalue weighted by atomic mass is 28.4. The highest BCUT2D eigenvalue weighted by molar-refractivity contribution is 6.99. The van der Waals surface area contributed by atoms with Gasteiger partial charge in [-0.15, -0.1) is 0 Å². The Labute approximate surface area is 157 Å². The van der Waals surface area contributed by atoms with E-state index in [4.69, 9.17) is 13.9 Å². The van der Waals surface area contributed by atoms with E-state index in [9.17, 15) is 0 Å². The topological polar surface area (TPSA) is 27.7 Å². The fourth-order valence-electron chi connectivity index (χ4n) is 3.66. The van der Waals surface area contributed by atoms with Gasteiger partial charge in [0.05, 0.1) is 13.2 Å². The maximum absolute atomic E-state index is 6.84. The van der Waals surface area contributed by atoms with Crippen molar-refractivity contribution in [2.75, 3.05) is 13.2 Å². The van der Waals surface area contributed by atoms with Crippen LogP contribution in [0.15, 0.2) is 73.3 Å². The summed E-state index contributed by atoms with van der Waals surface area (Å²) in [6, 6.07) is 21.3. The van der Waals surface area contributed by atoms with Gasteiger partial charge in [0.1, 0.15) is 6.10 Å². The quantitative estimate of drug-likeness (QED) is 0.577. The third kappa shape index (κ3) is 3.69. The zero-order chi connectivity index (χ0) is 18.6. The number of hydrogen-bond acceptors (Lipinski definition) is 3.